The molecule has 0 saturated carbocycles. The molecular formula is C17H32IN7O3S. The summed E-state index contributed by atoms with van der Waals surface area (Å²) < 4.78 is 32.4. The van der Waals surface area contributed by atoms with E-state index in [1.807, 2.05) is 11.6 Å². The van der Waals surface area contributed by atoms with Gasteiger partial charge < -0.3 is 15.4 Å². The summed E-state index contributed by atoms with van der Waals surface area (Å²) in [4.78, 5) is 9.17. The van der Waals surface area contributed by atoms with Gasteiger partial charge in [0.25, 0.3) is 0 Å². The van der Waals surface area contributed by atoms with Crippen molar-refractivity contribution >= 4 is 40.0 Å². The lowest BCUT2D eigenvalue weighted by molar-refractivity contribution is 0.177. The Balaban J connectivity index is 0.00000300. The van der Waals surface area contributed by atoms with Gasteiger partial charge >= 0.3 is 0 Å². The Hall–Kier alpha value is -0.990. The van der Waals surface area contributed by atoms with Crippen LogP contribution in [0.2, 0.25) is 0 Å². The molecule has 2 atom stereocenters. The van der Waals surface area contributed by atoms with Gasteiger partial charge in [0.1, 0.15) is 12.4 Å². The maximum absolute atomic E-state index is 11.9. The summed E-state index contributed by atoms with van der Waals surface area (Å²) in [5.74, 6) is 2.41. The number of nitrogens with zero attached hydrogens (tertiary/aromatic N) is 5. The third-order valence-electron chi connectivity index (χ3n) is 5.07. The van der Waals surface area contributed by atoms with Crippen LogP contribution in [0, 0.1) is 0 Å². The lowest BCUT2D eigenvalue weighted by Gasteiger charge is -2.26. The highest BCUT2D eigenvalue weighted by Crippen LogP contribution is 2.20. The van der Waals surface area contributed by atoms with Crippen LogP contribution in [0.4, 0.5) is 0 Å². The molecule has 0 spiro atoms. The van der Waals surface area contributed by atoms with Gasteiger partial charge in [-0.25, -0.2) is 18.1 Å². The Bertz CT molecular complexity index is 799. The third kappa shape index (κ3) is 6.49. The molecule has 2 N–H and O–H groups in total. The zero-order chi connectivity index (χ0) is 20.1. The highest BCUT2D eigenvalue weighted by Gasteiger charge is 2.31. The molecule has 1 aromatic rings. The Morgan fingerprint density at radius 2 is 2.17 bits per heavy atom. The number of guanidine groups is 1. The van der Waals surface area contributed by atoms with E-state index in [1.165, 1.54) is 6.26 Å². The van der Waals surface area contributed by atoms with Gasteiger partial charge in [0, 0.05) is 38.7 Å². The number of hydrogen-bond donors (Lipinski definition) is 2. The van der Waals surface area contributed by atoms with Gasteiger partial charge in [-0.3, -0.25) is 4.99 Å². The molecular weight excluding hydrogens is 509 g/mol. The van der Waals surface area contributed by atoms with E-state index < -0.39 is 10.0 Å². The quantitative estimate of drug-likeness (QED) is 0.291. The average Bonchev–Trinajstić information content (AvgIpc) is 3.25. The number of fused-ring (bicyclic) bond motifs is 1. The molecule has 166 valence electrons. The number of methoxy groups -OCH3 is 1. The Kier molecular flexibility index (Phi) is 9.10. The molecule has 2 aliphatic rings. The number of aromatic nitrogens is 3. The van der Waals surface area contributed by atoms with Crippen LogP contribution in [0.3, 0.4) is 0 Å². The zero-order valence-electron chi connectivity index (χ0n) is 17.3. The van der Waals surface area contributed by atoms with Crippen molar-refractivity contribution in [2.75, 3.05) is 33.0 Å². The van der Waals surface area contributed by atoms with Crippen LogP contribution in [-0.2, 0) is 34.3 Å². The zero-order valence-corrected chi connectivity index (χ0v) is 20.4. The van der Waals surface area contributed by atoms with Crippen molar-refractivity contribution in [1.82, 2.24) is 29.7 Å². The molecule has 1 aromatic heterocycles. The van der Waals surface area contributed by atoms with Gasteiger partial charge in [-0.1, -0.05) is 0 Å². The number of aryl methyl sites for hydroxylation is 1. The molecule has 1 fully saturated rings. The highest BCUT2D eigenvalue weighted by atomic mass is 127. The summed E-state index contributed by atoms with van der Waals surface area (Å²) >= 11 is 0. The first-order chi connectivity index (χ1) is 13.4. The van der Waals surface area contributed by atoms with Gasteiger partial charge in [-0.15, -0.1) is 24.0 Å². The van der Waals surface area contributed by atoms with Gasteiger partial charge in [-0.2, -0.15) is 9.40 Å². The number of nitrogens with one attached hydrogen (secondary N) is 2. The van der Waals surface area contributed by atoms with E-state index in [1.54, 1.807) is 11.4 Å². The van der Waals surface area contributed by atoms with Crippen molar-refractivity contribution < 1.29 is 13.2 Å². The smallest absolute Gasteiger partial charge is 0.211 e. The van der Waals surface area contributed by atoms with Crippen LogP contribution in [0.1, 0.15) is 37.8 Å². The molecule has 0 amide bonds. The summed E-state index contributed by atoms with van der Waals surface area (Å²) in [7, 11) is -1.54. The van der Waals surface area contributed by atoms with Crippen LogP contribution in [0.25, 0.3) is 0 Å². The number of sulfonamides is 1. The Morgan fingerprint density at radius 3 is 2.86 bits per heavy atom. The maximum atomic E-state index is 11.9. The number of aliphatic imine (C=N–C) groups is 1. The van der Waals surface area contributed by atoms with Crippen molar-refractivity contribution in [3.63, 3.8) is 0 Å². The normalized spacial score (nSPS) is 22.8. The molecule has 2 aliphatic heterocycles. The van der Waals surface area contributed by atoms with Gasteiger partial charge in [0.15, 0.2) is 11.8 Å². The van der Waals surface area contributed by atoms with Crippen LogP contribution < -0.4 is 10.6 Å². The van der Waals surface area contributed by atoms with Gasteiger partial charge in [0.2, 0.25) is 10.0 Å². The van der Waals surface area contributed by atoms with E-state index in [-0.39, 0.29) is 36.1 Å². The second-order valence-corrected chi connectivity index (χ2v) is 9.26. The van der Waals surface area contributed by atoms with E-state index >= 15 is 0 Å². The number of halogens is 1. The minimum Gasteiger partial charge on any atom is -0.377 e. The molecule has 12 heteroatoms. The minimum atomic E-state index is -3.18. The molecule has 3 heterocycles. The van der Waals surface area contributed by atoms with Crippen LogP contribution in [0.15, 0.2) is 4.99 Å². The first kappa shape index (κ1) is 24.3. The molecule has 1 saturated heterocycles. The van der Waals surface area contributed by atoms with Crippen molar-refractivity contribution in [3.05, 3.63) is 11.6 Å². The van der Waals surface area contributed by atoms with E-state index in [0.717, 1.165) is 44.6 Å². The fourth-order valence-corrected chi connectivity index (χ4v) is 4.98. The van der Waals surface area contributed by atoms with Gasteiger partial charge in [0.05, 0.1) is 19.3 Å². The number of hydrogen-bond acceptors (Lipinski definition) is 6. The maximum Gasteiger partial charge on any atom is 0.211 e. The van der Waals surface area contributed by atoms with Crippen LogP contribution in [0.5, 0.6) is 0 Å². The minimum absolute atomic E-state index is 0. The van der Waals surface area contributed by atoms with E-state index in [2.05, 4.69) is 25.7 Å². The summed E-state index contributed by atoms with van der Waals surface area (Å²) in [6.07, 6.45) is 4.80. The predicted molar refractivity (Wildman–Crippen MR) is 122 cm³/mol. The second kappa shape index (κ2) is 10.9. The Labute approximate surface area is 189 Å². The summed E-state index contributed by atoms with van der Waals surface area (Å²) in [6, 6.07) is 0.132. The average molecular weight is 541 g/mol. The molecule has 0 aliphatic carbocycles. The molecule has 1 unspecified atom stereocenters. The molecule has 0 radical (unpaired) electrons. The van der Waals surface area contributed by atoms with Gasteiger partial charge in [-0.05, 0) is 26.2 Å². The fourth-order valence-electron chi connectivity index (χ4n) is 3.81. The van der Waals surface area contributed by atoms with Crippen molar-refractivity contribution in [2.45, 2.75) is 57.8 Å². The predicted octanol–water partition coefficient (Wildman–Crippen LogP) is 0.336. The largest absolute Gasteiger partial charge is 0.377 e. The highest BCUT2D eigenvalue weighted by molar-refractivity contribution is 14.0. The number of ether oxygens (including phenoxy) is 1. The van der Waals surface area contributed by atoms with Crippen molar-refractivity contribution in [3.8, 4) is 0 Å². The first-order valence-electron chi connectivity index (χ1n) is 9.84. The molecule has 0 bridgehead atoms. The van der Waals surface area contributed by atoms with Crippen molar-refractivity contribution in [1.29, 1.82) is 0 Å². The van der Waals surface area contributed by atoms with Crippen molar-refractivity contribution in [2.24, 2.45) is 4.99 Å². The van der Waals surface area contributed by atoms with E-state index in [4.69, 9.17) is 4.74 Å². The van der Waals surface area contributed by atoms with E-state index in [0.29, 0.717) is 31.5 Å². The summed E-state index contributed by atoms with van der Waals surface area (Å²) in [6.45, 7) is 4.94. The fraction of sp³-hybridized carbons (Fsp3) is 0.824. The van der Waals surface area contributed by atoms with Crippen LogP contribution in [-0.4, -0.2) is 78.5 Å². The number of rotatable bonds is 7. The lowest BCUT2D eigenvalue weighted by atomic mass is 10.1. The molecule has 29 heavy (non-hydrogen) atoms. The topological polar surface area (TPSA) is 114 Å². The lowest BCUT2D eigenvalue weighted by Crippen LogP contribution is -2.47. The standard InChI is InChI=1S/C17H31N7O3S.HI/c1-4-18-17(19-10-14-6-5-9-24(14)28(3,25)26)20-13-7-8-16-21-15(12-27-2)22-23(16)11-13;/h13-14H,4-12H2,1-3H3,(H2,18,19,20);1H/t13?,14-;/m1./s1. The third-order valence-corrected chi connectivity index (χ3v) is 6.40. The molecule has 10 nitrogen and oxygen atoms in total. The summed E-state index contributed by atoms with van der Waals surface area (Å²) in [5.41, 5.74) is 0. The molecule has 3 rings (SSSR count). The van der Waals surface area contributed by atoms with Crippen LogP contribution >= 0.6 is 24.0 Å². The SMILES string of the molecule is CCNC(=NC[C@H]1CCCN1S(C)(=O)=O)NC1CCc2nc(COC)nn2C1.I. The summed E-state index contributed by atoms with van der Waals surface area (Å²) in [5, 5.41) is 11.2. The first-order valence-corrected chi connectivity index (χ1v) is 11.7. The Morgan fingerprint density at radius 1 is 1.38 bits per heavy atom. The molecule has 0 aromatic carbocycles. The second-order valence-electron chi connectivity index (χ2n) is 7.33. The van der Waals surface area contributed by atoms with E-state index in [9.17, 15) is 8.42 Å². The monoisotopic (exact) mass is 541 g/mol.